The van der Waals surface area contributed by atoms with Crippen LogP contribution in [0.5, 0.6) is 5.88 Å². The van der Waals surface area contributed by atoms with Crippen LogP contribution in [0.2, 0.25) is 0 Å². The molecule has 0 aliphatic carbocycles. The van der Waals surface area contributed by atoms with Gasteiger partial charge in [-0.25, -0.2) is 4.98 Å². The van der Waals surface area contributed by atoms with E-state index in [1.54, 1.807) is 28.7 Å². The van der Waals surface area contributed by atoms with Crippen molar-refractivity contribution >= 4 is 22.6 Å². The number of halogens is 4. The second kappa shape index (κ2) is 4.30. The van der Waals surface area contributed by atoms with Gasteiger partial charge in [0.05, 0.1) is 9.26 Å². The summed E-state index contributed by atoms with van der Waals surface area (Å²) < 4.78 is 39.6. The summed E-state index contributed by atoms with van der Waals surface area (Å²) in [5.41, 5.74) is 5.58. The Morgan fingerprint density at radius 3 is 2.57 bits per heavy atom. The van der Waals surface area contributed by atoms with Gasteiger partial charge in [0.25, 0.3) is 0 Å². The van der Waals surface area contributed by atoms with Crippen LogP contribution in [0.25, 0.3) is 0 Å². The quantitative estimate of drug-likeness (QED) is 0.849. The smallest absolute Gasteiger partial charge is 0.387 e. The van der Waals surface area contributed by atoms with Crippen molar-refractivity contribution in [1.29, 1.82) is 0 Å². The zero-order valence-corrected chi connectivity index (χ0v) is 8.96. The highest BCUT2D eigenvalue weighted by atomic mass is 127. The van der Waals surface area contributed by atoms with Gasteiger partial charge < -0.3 is 10.5 Å². The van der Waals surface area contributed by atoms with E-state index in [1.807, 2.05) is 0 Å². The fourth-order valence-corrected chi connectivity index (χ4v) is 1.17. The number of aromatic nitrogens is 1. The summed E-state index contributed by atoms with van der Waals surface area (Å²) >= 11 is 1.71. The Bertz CT molecular complexity index is 329. The molecular formula is C7H6F3IN2O. The van der Waals surface area contributed by atoms with E-state index >= 15 is 0 Å². The van der Waals surface area contributed by atoms with Gasteiger partial charge in [0, 0.05) is 6.54 Å². The molecule has 0 unspecified atom stereocenters. The summed E-state index contributed by atoms with van der Waals surface area (Å²) in [6.07, 6.45) is -4.72. The van der Waals surface area contributed by atoms with Crippen molar-refractivity contribution in [2.45, 2.75) is 12.9 Å². The standard InChI is InChI=1S/C7H6F3IN2O/c8-7(9,10)14-6-5(11)2-1-4(3-12)13-6/h1-2H,3,12H2. The fourth-order valence-electron chi connectivity index (χ4n) is 0.757. The molecule has 0 aromatic carbocycles. The maximum absolute atomic E-state index is 11.9. The number of hydrogen-bond donors (Lipinski definition) is 1. The lowest BCUT2D eigenvalue weighted by molar-refractivity contribution is -0.276. The third-order valence-corrected chi connectivity index (χ3v) is 2.11. The summed E-state index contributed by atoms with van der Waals surface area (Å²) in [4.78, 5) is 3.60. The Balaban J connectivity index is 2.95. The summed E-state index contributed by atoms with van der Waals surface area (Å²) in [6.45, 7) is 0.0745. The first-order valence-corrected chi connectivity index (χ1v) is 4.61. The van der Waals surface area contributed by atoms with Crippen molar-refractivity contribution in [1.82, 2.24) is 4.98 Å². The van der Waals surface area contributed by atoms with Gasteiger partial charge in [0.15, 0.2) is 0 Å². The highest BCUT2D eigenvalue weighted by molar-refractivity contribution is 14.1. The van der Waals surface area contributed by atoms with Gasteiger partial charge in [-0.2, -0.15) is 0 Å². The van der Waals surface area contributed by atoms with Gasteiger partial charge in [-0.05, 0) is 34.7 Å². The molecule has 0 saturated carbocycles. The number of ether oxygens (including phenoxy) is 1. The summed E-state index contributed by atoms with van der Waals surface area (Å²) in [5.74, 6) is -0.457. The third-order valence-electron chi connectivity index (χ3n) is 1.29. The zero-order valence-electron chi connectivity index (χ0n) is 6.81. The highest BCUT2D eigenvalue weighted by Crippen LogP contribution is 2.25. The largest absolute Gasteiger partial charge is 0.574 e. The Morgan fingerprint density at radius 2 is 2.07 bits per heavy atom. The number of pyridine rings is 1. The lowest BCUT2D eigenvalue weighted by atomic mass is 10.3. The SMILES string of the molecule is NCc1ccc(I)c(OC(F)(F)F)n1. The molecule has 0 fully saturated rings. The molecule has 1 aromatic heterocycles. The fraction of sp³-hybridized carbons (Fsp3) is 0.286. The topological polar surface area (TPSA) is 48.1 Å². The summed E-state index contributed by atoms with van der Waals surface area (Å²) in [6, 6.07) is 3.02. The molecule has 0 bridgehead atoms. The molecule has 14 heavy (non-hydrogen) atoms. The van der Waals surface area contributed by atoms with Crippen LogP contribution in [0.4, 0.5) is 13.2 Å². The van der Waals surface area contributed by atoms with Crippen LogP contribution in [0.15, 0.2) is 12.1 Å². The van der Waals surface area contributed by atoms with E-state index in [1.165, 1.54) is 6.07 Å². The minimum Gasteiger partial charge on any atom is -0.387 e. The van der Waals surface area contributed by atoms with Crippen molar-refractivity contribution in [3.8, 4) is 5.88 Å². The molecule has 0 saturated heterocycles. The normalized spacial score (nSPS) is 11.5. The first-order valence-electron chi connectivity index (χ1n) is 3.53. The second-order valence-electron chi connectivity index (χ2n) is 2.34. The molecule has 0 aliphatic rings. The molecule has 0 atom stereocenters. The van der Waals surface area contributed by atoms with E-state index in [9.17, 15) is 13.2 Å². The molecule has 0 aliphatic heterocycles. The van der Waals surface area contributed by atoms with Gasteiger partial charge in [0.1, 0.15) is 0 Å². The lowest BCUT2D eigenvalue weighted by Gasteiger charge is -2.09. The number of nitrogens with zero attached hydrogens (tertiary/aromatic N) is 1. The number of alkyl halides is 3. The molecule has 0 radical (unpaired) electrons. The number of rotatable bonds is 2. The Labute approximate surface area is 91.6 Å². The van der Waals surface area contributed by atoms with Gasteiger partial charge >= 0.3 is 6.36 Å². The van der Waals surface area contributed by atoms with Crippen LogP contribution in [0.1, 0.15) is 5.69 Å². The van der Waals surface area contributed by atoms with Crippen molar-refractivity contribution in [3.05, 3.63) is 21.4 Å². The van der Waals surface area contributed by atoms with Crippen molar-refractivity contribution in [2.75, 3.05) is 0 Å². The van der Waals surface area contributed by atoms with Crippen LogP contribution in [-0.4, -0.2) is 11.3 Å². The number of nitrogens with two attached hydrogens (primary N) is 1. The van der Waals surface area contributed by atoms with Crippen LogP contribution >= 0.6 is 22.6 Å². The molecular weight excluding hydrogens is 312 g/mol. The molecule has 1 aromatic rings. The van der Waals surface area contributed by atoms with Crippen LogP contribution in [0.3, 0.4) is 0 Å². The average Bonchev–Trinajstić information content (AvgIpc) is 2.06. The first kappa shape index (κ1) is 11.5. The predicted molar refractivity (Wildman–Crippen MR) is 51.5 cm³/mol. The van der Waals surface area contributed by atoms with Crippen molar-refractivity contribution < 1.29 is 17.9 Å². The number of hydrogen-bond acceptors (Lipinski definition) is 3. The van der Waals surface area contributed by atoms with E-state index in [-0.39, 0.29) is 10.1 Å². The van der Waals surface area contributed by atoms with E-state index in [0.29, 0.717) is 5.69 Å². The Morgan fingerprint density at radius 1 is 1.43 bits per heavy atom. The minimum absolute atomic E-state index is 0.0745. The summed E-state index contributed by atoms with van der Waals surface area (Å²) in [5, 5.41) is 0. The third kappa shape index (κ3) is 3.29. The molecule has 1 rings (SSSR count). The predicted octanol–water partition coefficient (Wildman–Crippen LogP) is 2.04. The molecule has 0 spiro atoms. The van der Waals surface area contributed by atoms with Crippen molar-refractivity contribution in [3.63, 3.8) is 0 Å². The van der Waals surface area contributed by atoms with Crippen LogP contribution in [0, 0.1) is 3.57 Å². The van der Waals surface area contributed by atoms with Gasteiger partial charge in [-0.1, -0.05) is 0 Å². The molecule has 3 nitrogen and oxygen atoms in total. The van der Waals surface area contributed by atoms with E-state index in [2.05, 4.69) is 9.72 Å². The Kier molecular flexibility index (Phi) is 3.53. The Hall–Kier alpha value is -0.570. The molecule has 0 amide bonds. The molecule has 78 valence electrons. The molecule has 2 N–H and O–H groups in total. The van der Waals surface area contributed by atoms with Crippen LogP contribution < -0.4 is 10.5 Å². The minimum atomic E-state index is -4.72. The van der Waals surface area contributed by atoms with Gasteiger partial charge in [-0.3, -0.25) is 0 Å². The van der Waals surface area contributed by atoms with E-state index < -0.39 is 12.2 Å². The summed E-state index contributed by atoms with van der Waals surface area (Å²) in [7, 11) is 0. The highest BCUT2D eigenvalue weighted by Gasteiger charge is 2.32. The first-order chi connectivity index (χ1) is 6.42. The average molecular weight is 318 g/mol. The maximum atomic E-state index is 11.9. The van der Waals surface area contributed by atoms with E-state index in [4.69, 9.17) is 5.73 Å². The van der Waals surface area contributed by atoms with Gasteiger partial charge in [0.2, 0.25) is 5.88 Å². The second-order valence-corrected chi connectivity index (χ2v) is 3.50. The molecule has 1 heterocycles. The van der Waals surface area contributed by atoms with Crippen molar-refractivity contribution in [2.24, 2.45) is 5.73 Å². The molecule has 7 heteroatoms. The van der Waals surface area contributed by atoms with E-state index in [0.717, 1.165) is 0 Å². The van der Waals surface area contributed by atoms with Crippen LogP contribution in [-0.2, 0) is 6.54 Å². The van der Waals surface area contributed by atoms with Gasteiger partial charge in [-0.15, -0.1) is 13.2 Å². The monoisotopic (exact) mass is 318 g/mol. The lowest BCUT2D eigenvalue weighted by Crippen LogP contribution is -2.19. The zero-order chi connectivity index (χ0) is 10.8. The maximum Gasteiger partial charge on any atom is 0.574 e.